The maximum absolute atomic E-state index is 13.3. The van der Waals surface area contributed by atoms with Crippen molar-refractivity contribution in [2.45, 2.75) is 19.4 Å². The third-order valence-electron chi connectivity index (χ3n) is 5.32. The lowest BCUT2D eigenvalue weighted by molar-refractivity contribution is -0.118. The minimum atomic E-state index is -0.359. The molecular weight excluding hydrogens is 386 g/mol. The van der Waals surface area contributed by atoms with Gasteiger partial charge in [-0.25, -0.2) is 0 Å². The van der Waals surface area contributed by atoms with Gasteiger partial charge in [-0.1, -0.05) is 47.5 Å². The van der Waals surface area contributed by atoms with E-state index in [4.69, 9.17) is 21.1 Å². The number of rotatable bonds is 4. The van der Waals surface area contributed by atoms with Crippen LogP contribution in [0.25, 0.3) is 0 Å². The molecule has 0 radical (unpaired) electrons. The Labute approximate surface area is 175 Å². The molecule has 3 aromatic rings. The number of hydrogen-bond acceptors (Lipinski definition) is 3. The largest absolute Gasteiger partial charge is 0.493 e. The lowest BCUT2D eigenvalue weighted by atomic mass is 9.86. The van der Waals surface area contributed by atoms with Crippen LogP contribution in [0.1, 0.15) is 28.3 Å². The van der Waals surface area contributed by atoms with Crippen LogP contribution in [0.5, 0.6) is 11.5 Å². The summed E-state index contributed by atoms with van der Waals surface area (Å²) in [6.07, 6.45) is 0.282. The van der Waals surface area contributed by atoms with Crippen LogP contribution >= 0.6 is 11.6 Å². The molecule has 1 heterocycles. The van der Waals surface area contributed by atoms with Gasteiger partial charge in [0.2, 0.25) is 5.91 Å². The maximum atomic E-state index is 13.3. The quantitative estimate of drug-likeness (QED) is 0.585. The Morgan fingerprint density at radius 2 is 1.59 bits per heavy atom. The Bertz CT molecular complexity index is 1060. The summed E-state index contributed by atoms with van der Waals surface area (Å²) < 4.78 is 11.0. The van der Waals surface area contributed by atoms with Crippen molar-refractivity contribution in [2.24, 2.45) is 0 Å². The third-order valence-corrected chi connectivity index (χ3v) is 5.66. The molecule has 4 nitrogen and oxygen atoms in total. The Morgan fingerprint density at radius 1 is 0.931 bits per heavy atom. The van der Waals surface area contributed by atoms with Crippen molar-refractivity contribution in [2.75, 3.05) is 19.1 Å². The van der Waals surface area contributed by atoms with Crippen LogP contribution in [0.2, 0.25) is 5.02 Å². The van der Waals surface area contributed by atoms with E-state index in [0.29, 0.717) is 16.5 Å². The van der Waals surface area contributed by atoms with Crippen LogP contribution in [0.15, 0.2) is 60.7 Å². The van der Waals surface area contributed by atoms with Crippen molar-refractivity contribution >= 4 is 23.2 Å². The van der Waals surface area contributed by atoms with E-state index in [1.54, 1.807) is 14.2 Å². The molecule has 29 heavy (non-hydrogen) atoms. The SMILES string of the molecule is COc1cc2c(cc1OC)C(c1ccccc1Cl)N(c1ccc(C)cc1)C(=O)C2. The molecule has 0 bridgehead atoms. The van der Waals surface area contributed by atoms with Gasteiger partial charge in [0.05, 0.1) is 26.7 Å². The molecule has 0 saturated heterocycles. The highest BCUT2D eigenvalue weighted by Gasteiger charge is 2.36. The Morgan fingerprint density at radius 3 is 2.24 bits per heavy atom. The summed E-state index contributed by atoms with van der Waals surface area (Å²) in [6.45, 7) is 2.03. The molecule has 1 aliphatic heterocycles. The molecule has 0 aromatic heterocycles. The summed E-state index contributed by atoms with van der Waals surface area (Å²) in [5, 5.41) is 0.616. The monoisotopic (exact) mass is 407 g/mol. The minimum absolute atomic E-state index is 0.0125. The van der Waals surface area contributed by atoms with Crippen molar-refractivity contribution in [1.82, 2.24) is 0 Å². The molecule has 3 aromatic carbocycles. The molecule has 0 aliphatic carbocycles. The Kier molecular flexibility index (Phi) is 5.20. The first-order chi connectivity index (χ1) is 14.0. The summed E-state index contributed by atoms with van der Waals surface area (Å²) in [5.41, 5.74) is 4.75. The van der Waals surface area contributed by atoms with Gasteiger partial charge in [-0.3, -0.25) is 4.79 Å². The third kappa shape index (κ3) is 3.45. The zero-order valence-electron chi connectivity index (χ0n) is 16.6. The van der Waals surface area contributed by atoms with Crippen LogP contribution in [0, 0.1) is 6.92 Å². The Balaban J connectivity index is 1.97. The first-order valence-corrected chi connectivity index (χ1v) is 9.79. The number of hydrogen-bond donors (Lipinski definition) is 0. The number of methoxy groups -OCH3 is 2. The smallest absolute Gasteiger partial charge is 0.232 e. The van der Waals surface area contributed by atoms with Crippen molar-refractivity contribution in [3.8, 4) is 11.5 Å². The van der Waals surface area contributed by atoms with E-state index in [0.717, 1.165) is 27.9 Å². The van der Waals surface area contributed by atoms with Crippen molar-refractivity contribution < 1.29 is 14.3 Å². The van der Waals surface area contributed by atoms with Gasteiger partial charge in [0.15, 0.2) is 11.5 Å². The number of carbonyl (C=O) groups excluding carboxylic acids is 1. The fourth-order valence-electron chi connectivity index (χ4n) is 3.88. The fourth-order valence-corrected chi connectivity index (χ4v) is 4.12. The van der Waals surface area contributed by atoms with E-state index < -0.39 is 0 Å². The van der Waals surface area contributed by atoms with Crippen LogP contribution in [0.4, 0.5) is 5.69 Å². The van der Waals surface area contributed by atoms with Crippen LogP contribution in [-0.2, 0) is 11.2 Å². The molecule has 0 saturated carbocycles. The number of ether oxygens (including phenoxy) is 2. The number of fused-ring (bicyclic) bond motifs is 1. The summed E-state index contributed by atoms with van der Waals surface area (Å²) >= 11 is 6.59. The maximum Gasteiger partial charge on any atom is 0.232 e. The molecule has 0 N–H and O–H groups in total. The summed E-state index contributed by atoms with van der Waals surface area (Å²) in [7, 11) is 3.21. The number of benzene rings is 3. The first kappa shape index (κ1) is 19.3. The molecule has 0 spiro atoms. The molecule has 1 unspecified atom stereocenters. The minimum Gasteiger partial charge on any atom is -0.493 e. The van der Waals surface area contributed by atoms with E-state index in [1.165, 1.54) is 0 Å². The van der Waals surface area contributed by atoms with Gasteiger partial charge < -0.3 is 14.4 Å². The normalized spacial score (nSPS) is 15.8. The van der Waals surface area contributed by atoms with Crippen molar-refractivity contribution in [3.05, 3.63) is 87.9 Å². The molecule has 1 atom stereocenters. The predicted octanol–water partition coefficient (Wildman–Crippen LogP) is 5.34. The summed E-state index contributed by atoms with van der Waals surface area (Å²) in [4.78, 5) is 15.1. The number of carbonyl (C=O) groups is 1. The summed E-state index contributed by atoms with van der Waals surface area (Å²) in [5.74, 6) is 1.25. The number of aryl methyl sites for hydroxylation is 1. The molecule has 4 rings (SSSR count). The molecule has 0 fully saturated rings. The van der Waals surface area contributed by atoms with Gasteiger partial charge >= 0.3 is 0 Å². The number of anilines is 1. The second-order valence-electron chi connectivity index (χ2n) is 7.11. The van der Waals surface area contributed by atoms with E-state index in [1.807, 2.05) is 72.5 Å². The predicted molar refractivity (Wildman–Crippen MR) is 115 cm³/mol. The van der Waals surface area contributed by atoms with E-state index >= 15 is 0 Å². The highest BCUT2D eigenvalue weighted by atomic mass is 35.5. The molecule has 5 heteroatoms. The van der Waals surface area contributed by atoms with Crippen LogP contribution in [0.3, 0.4) is 0 Å². The number of halogens is 1. The second kappa shape index (κ2) is 7.80. The van der Waals surface area contributed by atoms with Crippen LogP contribution < -0.4 is 14.4 Å². The molecule has 1 amide bonds. The van der Waals surface area contributed by atoms with E-state index in [-0.39, 0.29) is 18.4 Å². The van der Waals surface area contributed by atoms with Crippen molar-refractivity contribution in [1.29, 1.82) is 0 Å². The van der Waals surface area contributed by atoms with Gasteiger partial charge in [0.25, 0.3) is 0 Å². The number of amides is 1. The zero-order valence-corrected chi connectivity index (χ0v) is 17.4. The topological polar surface area (TPSA) is 38.8 Å². The van der Waals surface area contributed by atoms with Gasteiger partial charge in [0, 0.05) is 10.7 Å². The van der Waals surface area contributed by atoms with Crippen LogP contribution in [-0.4, -0.2) is 20.1 Å². The van der Waals surface area contributed by atoms with Gasteiger partial charge in [0.1, 0.15) is 0 Å². The first-order valence-electron chi connectivity index (χ1n) is 9.41. The molecule has 148 valence electrons. The molecule has 1 aliphatic rings. The Hall–Kier alpha value is -2.98. The number of nitrogens with zero attached hydrogens (tertiary/aromatic N) is 1. The second-order valence-corrected chi connectivity index (χ2v) is 7.51. The van der Waals surface area contributed by atoms with Gasteiger partial charge in [-0.05, 0) is 53.9 Å². The average Bonchev–Trinajstić information content (AvgIpc) is 2.73. The zero-order chi connectivity index (χ0) is 20.5. The summed E-state index contributed by atoms with van der Waals surface area (Å²) in [6, 6.07) is 19.1. The highest BCUT2D eigenvalue weighted by molar-refractivity contribution is 6.31. The van der Waals surface area contributed by atoms with E-state index in [2.05, 4.69) is 0 Å². The standard InChI is InChI=1S/C24H22ClNO3/c1-15-8-10-17(11-9-15)26-23(27)13-16-12-21(28-2)22(29-3)14-19(16)24(26)18-6-4-5-7-20(18)25/h4-12,14,24H,13H2,1-3H3. The molecular formula is C24H22ClNO3. The van der Waals surface area contributed by atoms with Crippen molar-refractivity contribution in [3.63, 3.8) is 0 Å². The highest BCUT2D eigenvalue weighted by Crippen LogP contribution is 2.44. The lowest BCUT2D eigenvalue weighted by Gasteiger charge is -2.38. The lowest BCUT2D eigenvalue weighted by Crippen LogP contribution is -2.41. The van der Waals surface area contributed by atoms with Gasteiger partial charge in [-0.15, -0.1) is 0 Å². The fraction of sp³-hybridized carbons (Fsp3) is 0.208. The van der Waals surface area contributed by atoms with Gasteiger partial charge in [-0.2, -0.15) is 0 Å². The van der Waals surface area contributed by atoms with E-state index in [9.17, 15) is 4.79 Å². The average molecular weight is 408 g/mol.